The van der Waals surface area contributed by atoms with E-state index in [1.165, 1.54) is 15.3 Å². The van der Waals surface area contributed by atoms with Crippen LogP contribution in [0.5, 0.6) is 0 Å². The number of carbonyl (C=O) groups is 1. The minimum Gasteiger partial charge on any atom is -0.481 e. The molecule has 1 N–H and O–H groups in total. The molecule has 2 atom stereocenters. The van der Waals surface area contributed by atoms with E-state index in [1.54, 1.807) is 11.3 Å². The van der Waals surface area contributed by atoms with Gasteiger partial charge in [0.05, 0.1) is 17.7 Å². The van der Waals surface area contributed by atoms with E-state index in [2.05, 4.69) is 43.0 Å². The molecule has 0 amide bonds. The summed E-state index contributed by atoms with van der Waals surface area (Å²) >= 11 is 1.77. The van der Waals surface area contributed by atoms with Crippen LogP contribution in [0.2, 0.25) is 0 Å². The Morgan fingerprint density at radius 3 is 2.83 bits per heavy atom. The van der Waals surface area contributed by atoms with Crippen molar-refractivity contribution in [2.45, 2.75) is 39.2 Å². The van der Waals surface area contributed by atoms with Crippen LogP contribution < -0.4 is 0 Å². The highest BCUT2D eigenvalue weighted by Crippen LogP contribution is 2.35. The Morgan fingerprint density at radius 1 is 1.42 bits per heavy atom. The molecule has 128 valence electrons. The highest BCUT2D eigenvalue weighted by atomic mass is 32.1. The van der Waals surface area contributed by atoms with Gasteiger partial charge in [0.25, 0.3) is 0 Å². The van der Waals surface area contributed by atoms with E-state index in [1.807, 2.05) is 6.20 Å². The minimum atomic E-state index is -0.685. The lowest BCUT2D eigenvalue weighted by Crippen LogP contribution is -2.41. The van der Waals surface area contributed by atoms with Crippen LogP contribution in [0.25, 0.3) is 0 Å². The molecule has 2 aromatic heterocycles. The number of piperidine rings is 1. The fourth-order valence-electron chi connectivity index (χ4n) is 3.36. The third kappa shape index (κ3) is 3.68. The van der Waals surface area contributed by atoms with Crippen molar-refractivity contribution in [1.29, 1.82) is 0 Å². The Balaban J connectivity index is 1.93. The monoisotopic (exact) mass is 344 g/mol. The Kier molecular flexibility index (Phi) is 5.31. The first kappa shape index (κ1) is 17.1. The highest BCUT2D eigenvalue weighted by Gasteiger charge is 2.32. The fourth-order valence-corrected chi connectivity index (χ4v) is 4.39. The van der Waals surface area contributed by atoms with Crippen LogP contribution >= 0.6 is 11.3 Å². The molecule has 1 aliphatic rings. The molecule has 2 unspecified atom stereocenters. The van der Waals surface area contributed by atoms with Crippen molar-refractivity contribution in [3.63, 3.8) is 0 Å². The zero-order chi connectivity index (χ0) is 17.1. The van der Waals surface area contributed by atoms with Crippen molar-refractivity contribution in [3.8, 4) is 0 Å². The second kappa shape index (κ2) is 7.45. The number of rotatable bonds is 5. The van der Waals surface area contributed by atoms with Crippen molar-refractivity contribution in [1.82, 2.24) is 9.88 Å². The van der Waals surface area contributed by atoms with Gasteiger partial charge in [0.1, 0.15) is 0 Å². The predicted molar refractivity (Wildman–Crippen MR) is 96.4 cm³/mol. The Bertz CT molecular complexity index is 696. The third-order valence-electron chi connectivity index (χ3n) is 4.73. The molecular formula is C19H24N2O2S. The first-order valence-electron chi connectivity index (χ1n) is 8.56. The number of aryl methyl sites for hydroxylation is 2. The summed E-state index contributed by atoms with van der Waals surface area (Å²) in [5.74, 6) is -0.965. The summed E-state index contributed by atoms with van der Waals surface area (Å²) in [6.07, 6.45) is 4.61. The molecule has 0 bridgehead atoms. The zero-order valence-electron chi connectivity index (χ0n) is 14.2. The van der Waals surface area contributed by atoms with E-state index in [9.17, 15) is 9.90 Å². The number of nitrogens with zero attached hydrogens (tertiary/aromatic N) is 2. The fraction of sp³-hybridized carbons (Fsp3) is 0.474. The van der Waals surface area contributed by atoms with Crippen molar-refractivity contribution < 1.29 is 9.90 Å². The summed E-state index contributed by atoms with van der Waals surface area (Å²) in [5, 5.41) is 9.41. The molecule has 2 aromatic rings. The number of carboxylic acids is 1. The number of carboxylic acid groups (broad SMARTS) is 1. The van der Waals surface area contributed by atoms with Gasteiger partial charge in [-0.2, -0.15) is 0 Å². The van der Waals surface area contributed by atoms with E-state index in [0.717, 1.165) is 31.5 Å². The Morgan fingerprint density at radius 2 is 2.25 bits per heavy atom. The van der Waals surface area contributed by atoms with Gasteiger partial charge in [-0.1, -0.05) is 13.0 Å². The lowest BCUT2D eigenvalue weighted by atomic mass is 9.95. The number of likely N-dealkylation sites (tertiary alicyclic amines) is 1. The van der Waals surface area contributed by atoms with Gasteiger partial charge in [-0.05, 0) is 56.5 Å². The van der Waals surface area contributed by atoms with Gasteiger partial charge >= 0.3 is 5.97 Å². The number of pyridine rings is 1. The number of aromatic nitrogens is 1. The van der Waals surface area contributed by atoms with Gasteiger partial charge in [-0.15, -0.1) is 11.3 Å². The summed E-state index contributed by atoms with van der Waals surface area (Å²) in [5.41, 5.74) is 2.24. The molecule has 4 nitrogen and oxygen atoms in total. The van der Waals surface area contributed by atoms with E-state index < -0.39 is 5.97 Å². The van der Waals surface area contributed by atoms with Crippen molar-refractivity contribution in [2.75, 3.05) is 13.1 Å². The van der Waals surface area contributed by atoms with Crippen molar-refractivity contribution >= 4 is 17.3 Å². The first-order valence-corrected chi connectivity index (χ1v) is 9.38. The van der Waals surface area contributed by atoms with Crippen LogP contribution in [0.4, 0.5) is 0 Å². The van der Waals surface area contributed by atoms with E-state index in [-0.39, 0.29) is 12.0 Å². The molecule has 1 saturated heterocycles. The second-order valence-corrected chi connectivity index (χ2v) is 7.79. The van der Waals surface area contributed by atoms with Gasteiger partial charge in [0.2, 0.25) is 0 Å². The van der Waals surface area contributed by atoms with Crippen molar-refractivity contribution in [3.05, 3.63) is 51.5 Å². The third-order valence-corrected chi connectivity index (χ3v) is 5.79. The number of aliphatic carboxylic acids is 1. The van der Waals surface area contributed by atoms with Gasteiger partial charge in [-0.3, -0.25) is 14.7 Å². The standard InChI is InChI=1S/C19H24N2O2S/c1-3-14-7-8-16(20-11-14)18(17-9-6-13(2)24-17)21-10-4-5-15(12-21)19(22)23/h6-9,11,15,18H,3-5,10,12H2,1-2H3,(H,22,23). The van der Waals surface area contributed by atoms with Crippen LogP contribution in [-0.4, -0.2) is 34.0 Å². The van der Waals surface area contributed by atoms with E-state index >= 15 is 0 Å². The maximum Gasteiger partial charge on any atom is 0.307 e. The van der Waals surface area contributed by atoms with Crippen LogP contribution in [0.1, 0.15) is 46.8 Å². The highest BCUT2D eigenvalue weighted by molar-refractivity contribution is 7.12. The average Bonchev–Trinajstić information content (AvgIpc) is 3.02. The maximum atomic E-state index is 11.4. The molecular weight excluding hydrogens is 320 g/mol. The Hall–Kier alpha value is -1.72. The maximum absolute atomic E-state index is 11.4. The van der Waals surface area contributed by atoms with E-state index in [4.69, 9.17) is 4.98 Å². The quantitative estimate of drug-likeness (QED) is 0.894. The summed E-state index contributed by atoms with van der Waals surface area (Å²) in [4.78, 5) is 21.0. The molecule has 3 rings (SSSR count). The zero-order valence-corrected chi connectivity index (χ0v) is 15.1. The lowest BCUT2D eigenvalue weighted by molar-refractivity contribution is -0.143. The molecule has 1 aliphatic heterocycles. The lowest BCUT2D eigenvalue weighted by Gasteiger charge is -2.36. The molecule has 0 saturated carbocycles. The van der Waals surface area contributed by atoms with Crippen LogP contribution in [0.3, 0.4) is 0 Å². The second-order valence-electron chi connectivity index (χ2n) is 6.47. The molecule has 0 aliphatic carbocycles. The predicted octanol–water partition coefficient (Wildman–Crippen LogP) is 3.90. The van der Waals surface area contributed by atoms with Gasteiger partial charge in [0.15, 0.2) is 0 Å². The number of hydrogen-bond acceptors (Lipinski definition) is 4. The van der Waals surface area contributed by atoms with E-state index in [0.29, 0.717) is 6.54 Å². The molecule has 3 heterocycles. The number of hydrogen-bond donors (Lipinski definition) is 1. The van der Waals surface area contributed by atoms with Gasteiger partial charge in [-0.25, -0.2) is 0 Å². The molecule has 1 fully saturated rings. The van der Waals surface area contributed by atoms with Crippen molar-refractivity contribution in [2.24, 2.45) is 5.92 Å². The first-order chi connectivity index (χ1) is 11.6. The van der Waals surface area contributed by atoms with Gasteiger partial charge in [0, 0.05) is 22.5 Å². The smallest absolute Gasteiger partial charge is 0.307 e. The topological polar surface area (TPSA) is 53.4 Å². The minimum absolute atomic E-state index is 0.0526. The molecule has 0 radical (unpaired) electrons. The molecule has 5 heteroatoms. The average molecular weight is 344 g/mol. The summed E-state index contributed by atoms with van der Waals surface area (Å²) < 4.78 is 0. The molecule has 24 heavy (non-hydrogen) atoms. The Labute approximate surface area is 147 Å². The largest absolute Gasteiger partial charge is 0.481 e. The normalized spacial score (nSPS) is 20.0. The van der Waals surface area contributed by atoms with Crippen LogP contribution in [0, 0.1) is 12.8 Å². The number of thiophene rings is 1. The van der Waals surface area contributed by atoms with Crippen LogP contribution in [-0.2, 0) is 11.2 Å². The summed E-state index contributed by atoms with van der Waals surface area (Å²) in [7, 11) is 0. The summed E-state index contributed by atoms with van der Waals surface area (Å²) in [6.45, 7) is 5.74. The molecule has 0 spiro atoms. The molecule has 0 aromatic carbocycles. The van der Waals surface area contributed by atoms with Gasteiger partial charge < -0.3 is 5.11 Å². The SMILES string of the molecule is CCc1ccc(C(c2ccc(C)s2)N2CCCC(C(=O)O)C2)nc1. The van der Waals surface area contributed by atoms with Crippen LogP contribution in [0.15, 0.2) is 30.5 Å². The summed E-state index contributed by atoms with van der Waals surface area (Å²) in [6, 6.07) is 8.57.